The molecule has 0 saturated carbocycles. The van der Waals surface area contributed by atoms with Gasteiger partial charge in [0.2, 0.25) is 5.91 Å². The Hall–Kier alpha value is -1.92. The number of methoxy groups -OCH3 is 2. The molecule has 2 rings (SSSR count). The van der Waals surface area contributed by atoms with Gasteiger partial charge in [-0.2, -0.15) is 0 Å². The van der Waals surface area contributed by atoms with E-state index < -0.39 is 0 Å². The standard InChI is InChI=1S/C16H23N3O3/c1-13-17-14-6-4-5-7-15(14)19(13)12-16(20)18(8-10-21-2)9-11-22-3/h4-7H,8-12H2,1-3H3. The molecule has 0 bridgehead atoms. The van der Waals surface area contributed by atoms with Crippen LogP contribution in [-0.2, 0) is 20.8 Å². The van der Waals surface area contributed by atoms with E-state index in [1.807, 2.05) is 35.8 Å². The van der Waals surface area contributed by atoms with Gasteiger partial charge in [0.15, 0.2) is 0 Å². The van der Waals surface area contributed by atoms with Gasteiger partial charge in [-0.15, -0.1) is 0 Å². The first-order chi connectivity index (χ1) is 10.7. The Balaban J connectivity index is 2.14. The summed E-state index contributed by atoms with van der Waals surface area (Å²) in [6, 6.07) is 7.84. The molecule has 1 heterocycles. The highest BCUT2D eigenvalue weighted by molar-refractivity contribution is 5.81. The van der Waals surface area contributed by atoms with Crippen molar-refractivity contribution in [1.29, 1.82) is 0 Å². The van der Waals surface area contributed by atoms with Crippen LogP contribution in [0.25, 0.3) is 11.0 Å². The number of amides is 1. The molecule has 0 fully saturated rings. The molecule has 0 unspecified atom stereocenters. The summed E-state index contributed by atoms with van der Waals surface area (Å²) in [6.07, 6.45) is 0. The largest absolute Gasteiger partial charge is 0.383 e. The lowest BCUT2D eigenvalue weighted by Crippen LogP contribution is -2.38. The summed E-state index contributed by atoms with van der Waals surface area (Å²) in [5.74, 6) is 0.883. The van der Waals surface area contributed by atoms with Gasteiger partial charge < -0.3 is 18.9 Å². The fraction of sp³-hybridized carbons (Fsp3) is 0.500. The molecule has 1 amide bonds. The zero-order chi connectivity index (χ0) is 15.9. The number of nitrogens with zero attached hydrogens (tertiary/aromatic N) is 3. The number of para-hydroxylation sites is 2. The van der Waals surface area contributed by atoms with Gasteiger partial charge >= 0.3 is 0 Å². The smallest absolute Gasteiger partial charge is 0.242 e. The van der Waals surface area contributed by atoms with Crippen LogP contribution in [0.4, 0.5) is 0 Å². The molecule has 0 aliphatic carbocycles. The second-order valence-corrected chi connectivity index (χ2v) is 5.10. The lowest BCUT2D eigenvalue weighted by Gasteiger charge is -2.22. The third-order valence-corrected chi connectivity index (χ3v) is 3.62. The number of carbonyl (C=O) groups excluding carboxylic acids is 1. The van der Waals surface area contributed by atoms with Crippen molar-refractivity contribution < 1.29 is 14.3 Å². The maximum atomic E-state index is 12.6. The molecule has 0 saturated heterocycles. The summed E-state index contributed by atoms with van der Waals surface area (Å²) in [4.78, 5) is 18.8. The van der Waals surface area contributed by atoms with Crippen LogP contribution < -0.4 is 0 Å². The van der Waals surface area contributed by atoms with E-state index in [2.05, 4.69) is 4.98 Å². The number of rotatable bonds is 8. The SMILES string of the molecule is COCCN(CCOC)C(=O)Cn1c(C)nc2ccccc21. The second-order valence-electron chi connectivity index (χ2n) is 5.10. The number of ether oxygens (including phenoxy) is 2. The number of imidazole rings is 1. The van der Waals surface area contributed by atoms with Crippen LogP contribution in [0.3, 0.4) is 0 Å². The summed E-state index contributed by atoms with van der Waals surface area (Å²) in [6.45, 7) is 4.34. The number of benzene rings is 1. The van der Waals surface area contributed by atoms with Crippen molar-refractivity contribution in [2.45, 2.75) is 13.5 Å². The van der Waals surface area contributed by atoms with Gasteiger partial charge in [0.05, 0.1) is 24.2 Å². The van der Waals surface area contributed by atoms with Crippen LogP contribution >= 0.6 is 0 Å². The Morgan fingerprint density at radius 2 is 1.82 bits per heavy atom. The van der Waals surface area contributed by atoms with E-state index in [0.717, 1.165) is 16.9 Å². The molecule has 1 aromatic heterocycles. The maximum absolute atomic E-state index is 12.6. The van der Waals surface area contributed by atoms with E-state index in [9.17, 15) is 4.79 Å². The molecule has 0 atom stereocenters. The number of hydrogen-bond acceptors (Lipinski definition) is 4. The molecule has 22 heavy (non-hydrogen) atoms. The Morgan fingerprint density at radius 1 is 1.18 bits per heavy atom. The van der Waals surface area contributed by atoms with Crippen molar-refractivity contribution in [2.75, 3.05) is 40.5 Å². The van der Waals surface area contributed by atoms with E-state index in [4.69, 9.17) is 9.47 Å². The summed E-state index contributed by atoms with van der Waals surface area (Å²) >= 11 is 0. The molecule has 6 heteroatoms. The summed E-state index contributed by atoms with van der Waals surface area (Å²) in [5.41, 5.74) is 1.89. The molecule has 6 nitrogen and oxygen atoms in total. The Bertz CT molecular complexity index is 616. The van der Waals surface area contributed by atoms with E-state index in [0.29, 0.717) is 26.3 Å². The first-order valence-corrected chi connectivity index (χ1v) is 7.35. The first-order valence-electron chi connectivity index (χ1n) is 7.35. The summed E-state index contributed by atoms with van der Waals surface area (Å²) in [7, 11) is 3.26. The van der Waals surface area contributed by atoms with E-state index in [1.54, 1.807) is 19.1 Å². The number of aryl methyl sites for hydroxylation is 1. The number of aromatic nitrogens is 2. The Morgan fingerprint density at radius 3 is 2.45 bits per heavy atom. The van der Waals surface area contributed by atoms with E-state index in [1.165, 1.54) is 0 Å². The number of fused-ring (bicyclic) bond motifs is 1. The van der Waals surface area contributed by atoms with Crippen LogP contribution in [0.5, 0.6) is 0 Å². The number of carbonyl (C=O) groups is 1. The second kappa shape index (κ2) is 7.91. The Kier molecular flexibility index (Phi) is 5.91. The van der Waals surface area contributed by atoms with Crippen molar-refractivity contribution in [1.82, 2.24) is 14.5 Å². The van der Waals surface area contributed by atoms with E-state index >= 15 is 0 Å². The number of hydrogen-bond donors (Lipinski definition) is 0. The quantitative estimate of drug-likeness (QED) is 0.741. The molecule has 0 spiro atoms. The fourth-order valence-corrected chi connectivity index (χ4v) is 2.39. The lowest BCUT2D eigenvalue weighted by atomic mass is 10.3. The minimum absolute atomic E-state index is 0.0420. The molecule has 0 N–H and O–H groups in total. The zero-order valence-corrected chi connectivity index (χ0v) is 13.4. The van der Waals surface area contributed by atoms with Crippen LogP contribution in [-0.4, -0.2) is 60.9 Å². The summed E-state index contributed by atoms with van der Waals surface area (Å²) in [5, 5.41) is 0. The molecule has 0 aliphatic heterocycles. The van der Waals surface area contributed by atoms with Crippen molar-refractivity contribution in [3.8, 4) is 0 Å². The molecule has 1 aromatic carbocycles. The van der Waals surface area contributed by atoms with Gasteiger partial charge in [0, 0.05) is 27.3 Å². The minimum atomic E-state index is 0.0420. The van der Waals surface area contributed by atoms with Crippen molar-refractivity contribution >= 4 is 16.9 Å². The van der Waals surface area contributed by atoms with Gasteiger partial charge in [-0.05, 0) is 19.1 Å². The van der Waals surface area contributed by atoms with Crippen LogP contribution in [0.1, 0.15) is 5.82 Å². The molecular weight excluding hydrogens is 282 g/mol. The minimum Gasteiger partial charge on any atom is -0.383 e. The highest BCUT2D eigenvalue weighted by atomic mass is 16.5. The molecule has 2 aromatic rings. The lowest BCUT2D eigenvalue weighted by molar-refractivity contribution is -0.133. The molecule has 120 valence electrons. The van der Waals surface area contributed by atoms with Crippen molar-refractivity contribution in [3.63, 3.8) is 0 Å². The predicted octanol–water partition coefficient (Wildman–Crippen LogP) is 1.47. The van der Waals surface area contributed by atoms with Crippen LogP contribution in [0, 0.1) is 6.92 Å². The van der Waals surface area contributed by atoms with E-state index in [-0.39, 0.29) is 12.5 Å². The van der Waals surface area contributed by atoms with Gasteiger partial charge in [0.1, 0.15) is 12.4 Å². The van der Waals surface area contributed by atoms with Gasteiger partial charge in [0.25, 0.3) is 0 Å². The predicted molar refractivity (Wildman–Crippen MR) is 84.8 cm³/mol. The van der Waals surface area contributed by atoms with Crippen LogP contribution in [0.15, 0.2) is 24.3 Å². The fourth-order valence-electron chi connectivity index (χ4n) is 2.39. The van der Waals surface area contributed by atoms with Crippen molar-refractivity contribution in [3.05, 3.63) is 30.1 Å². The van der Waals surface area contributed by atoms with Gasteiger partial charge in [-0.3, -0.25) is 4.79 Å². The van der Waals surface area contributed by atoms with Crippen molar-refractivity contribution in [2.24, 2.45) is 0 Å². The third-order valence-electron chi connectivity index (χ3n) is 3.62. The highest BCUT2D eigenvalue weighted by Crippen LogP contribution is 2.15. The normalized spacial score (nSPS) is 11.0. The molecule has 0 radical (unpaired) electrons. The first kappa shape index (κ1) is 16.5. The average molecular weight is 305 g/mol. The zero-order valence-electron chi connectivity index (χ0n) is 13.4. The van der Waals surface area contributed by atoms with Crippen LogP contribution in [0.2, 0.25) is 0 Å². The maximum Gasteiger partial charge on any atom is 0.242 e. The molecular formula is C16H23N3O3. The summed E-state index contributed by atoms with van der Waals surface area (Å²) < 4.78 is 12.1. The molecule has 0 aliphatic rings. The average Bonchev–Trinajstić information content (AvgIpc) is 2.83. The highest BCUT2D eigenvalue weighted by Gasteiger charge is 2.16. The van der Waals surface area contributed by atoms with Gasteiger partial charge in [-0.25, -0.2) is 4.98 Å². The van der Waals surface area contributed by atoms with Gasteiger partial charge in [-0.1, -0.05) is 12.1 Å². The topological polar surface area (TPSA) is 56.6 Å². The third kappa shape index (κ3) is 3.84. The monoisotopic (exact) mass is 305 g/mol. The Labute approximate surface area is 130 Å².